The number of imide groups is 1. The third-order valence-corrected chi connectivity index (χ3v) is 2.75. The van der Waals surface area contributed by atoms with Gasteiger partial charge in [0.05, 0.1) is 17.3 Å². The Bertz CT molecular complexity index is 600. The summed E-state index contributed by atoms with van der Waals surface area (Å²) in [6, 6.07) is 6.98. The topological polar surface area (TPSA) is 91.2 Å². The average molecular weight is 308 g/mol. The monoisotopic (exact) mass is 307 g/mol. The zero-order valence-corrected chi connectivity index (χ0v) is 12.3. The molecule has 0 radical (unpaired) electrons. The summed E-state index contributed by atoms with van der Waals surface area (Å²) in [5.74, 6) is -0.854. The zero-order chi connectivity index (χ0) is 15.8. The van der Waals surface area contributed by atoms with Crippen LogP contribution in [0.3, 0.4) is 0 Å². The molecule has 2 N–H and O–H groups in total. The highest BCUT2D eigenvalue weighted by molar-refractivity contribution is 6.33. The van der Waals surface area contributed by atoms with E-state index >= 15 is 0 Å². The highest BCUT2D eigenvalue weighted by Gasteiger charge is 2.13. The van der Waals surface area contributed by atoms with Crippen LogP contribution in [0.4, 0.5) is 10.5 Å². The first-order valence-electron chi connectivity index (χ1n) is 6.09. The lowest BCUT2D eigenvalue weighted by Crippen LogP contribution is -2.32. The second kappa shape index (κ2) is 7.92. The Morgan fingerprint density at radius 3 is 2.76 bits per heavy atom. The zero-order valence-electron chi connectivity index (χ0n) is 11.6. The van der Waals surface area contributed by atoms with Gasteiger partial charge < -0.3 is 10.1 Å². The molecule has 0 aliphatic heterocycles. The maximum Gasteiger partial charge on any atom is 0.414 e. The van der Waals surface area contributed by atoms with E-state index in [0.29, 0.717) is 10.7 Å². The number of benzene rings is 1. The Morgan fingerprint density at radius 2 is 2.19 bits per heavy atom. The molecule has 1 aromatic carbocycles. The first-order chi connectivity index (χ1) is 9.99. The highest BCUT2D eigenvalue weighted by Crippen LogP contribution is 2.25. The number of carbonyl (C=O) groups excluding carboxylic acids is 2. The summed E-state index contributed by atoms with van der Waals surface area (Å²) in [5.41, 5.74) is 1.15. The number of hydrogen-bond donors (Lipinski definition) is 2. The molecule has 0 aromatic heterocycles. The molecule has 0 aliphatic rings. The van der Waals surface area contributed by atoms with Crippen molar-refractivity contribution in [3.05, 3.63) is 40.6 Å². The second-order valence-corrected chi connectivity index (χ2v) is 4.33. The molecule has 0 heterocycles. The van der Waals surface area contributed by atoms with Crippen molar-refractivity contribution in [2.75, 3.05) is 11.9 Å². The van der Waals surface area contributed by atoms with Gasteiger partial charge in [-0.3, -0.25) is 10.1 Å². The van der Waals surface area contributed by atoms with Gasteiger partial charge in [0.2, 0.25) is 0 Å². The van der Waals surface area contributed by atoms with E-state index in [4.69, 9.17) is 16.9 Å². The minimum Gasteiger partial charge on any atom is -0.450 e. The third-order valence-electron chi connectivity index (χ3n) is 2.44. The Balaban J connectivity index is 2.83. The fraction of sp³-hybridized carbons (Fsp3) is 0.214. The first-order valence-corrected chi connectivity index (χ1v) is 6.47. The molecule has 2 amide bonds. The summed E-state index contributed by atoms with van der Waals surface area (Å²) in [6.07, 6.45) is 0.278. The third kappa shape index (κ3) is 4.82. The number of nitriles is 1. The molecule has 6 nitrogen and oxygen atoms in total. The van der Waals surface area contributed by atoms with E-state index in [1.165, 1.54) is 6.20 Å². The molecule has 0 unspecified atom stereocenters. The van der Waals surface area contributed by atoms with E-state index in [2.05, 4.69) is 10.1 Å². The molecule has 0 aliphatic carbocycles. The number of nitrogens with zero attached hydrogens (tertiary/aromatic N) is 1. The van der Waals surface area contributed by atoms with Crippen LogP contribution in [0.5, 0.6) is 0 Å². The molecule has 0 saturated heterocycles. The van der Waals surface area contributed by atoms with Crippen molar-refractivity contribution in [2.24, 2.45) is 0 Å². The largest absolute Gasteiger partial charge is 0.450 e. The van der Waals surface area contributed by atoms with Crippen LogP contribution in [0.25, 0.3) is 0 Å². The summed E-state index contributed by atoms with van der Waals surface area (Å²) in [6.45, 7) is 3.56. The Labute approximate surface area is 127 Å². The Morgan fingerprint density at radius 1 is 1.48 bits per heavy atom. The molecule has 110 valence electrons. The van der Waals surface area contributed by atoms with Crippen molar-refractivity contribution in [2.45, 2.75) is 13.8 Å². The van der Waals surface area contributed by atoms with Crippen molar-refractivity contribution < 1.29 is 14.3 Å². The lowest BCUT2D eigenvalue weighted by Gasteiger charge is -2.08. The van der Waals surface area contributed by atoms with Crippen LogP contribution in [0, 0.1) is 18.3 Å². The van der Waals surface area contributed by atoms with Gasteiger partial charge in [0.25, 0.3) is 5.91 Å². The normalized spacial score (nSPS) is 10.5. The fourth-order valence-corrected chi connectivity index (χ4v) is 1.71. The molecule has 21 heavy (non-hydrogen) atoms. The van der Waals surface area contributed by atoms with Crippen LogP contribution in [-0.4, -0.2) is 18.6 Å². The van der Waals surface area contributed by atoms with E-state index < -0.39 is 12.0 Å². The van der Waals surface area contributed by atoms with Crippen LogP contribution in [0.2, 0.25) is 5.02 Å². The van der Waals surface area contributed by atoms with Crippen LogP contribution >= 0.6 is 11.6 Å². The molecule has 1 rings (SSSR count). The molecule has 0 saturated carbocycles. The van der Waals surface area contributed by atoms with Gasteiger partial charge in [-0.1, -0.05) is 23.7 Å². The van der Waals surface area contributed by atoms with Crippen molar-refractivity contribution in [3.8, 4) is 6.07 Å². The fourth-order valence-electron chi connectivity index (χ4n) is 1.43. The predicted octanol–water partition coefficient (Wildman–Crippen LogP) is 2.74. The van der Waals surface area contributed by atoms with Gasteiger partial charge in [-0.2, -0.15) is 5.26 Å². The summed E-state index contributed by atoms with van der Waals surface area (Å²) in [4.78, 5) is 22.8. The molecule has 0 bridgehead atoms. The van der Waals surface area contributed by atoms with Crippen molar-refractivity contribution in [1.29, 1.82) is 5.26 Å². The molecule has 0 atom stereocenters. The van der Waals surface area contributed by atoms with Gasteiger partial charge in [-0.25, -0.2) is 4.79 Å². The number of hydrogen-bond acceptors (Lipinski definition) is 5. The number of ether oxygens (including phenoxy) is 1. The maximum atomic E-state index is 11.7. The maximum absolute atomic E-state index is 11.7. The summed E-state index contributed by atoms with van der Waals surface area (Å²) >= 11 is 6.01. The number of para-hydroxylation sites is 1. The standard InChI is InChI=1S/C14H14ClN3O3/c1-3-21-14(20)18-13(19)10(7-16)8-17-12-9(2)5-4-6-11(12)15/h4-6,8,17H,3H2,1-2H3,(H,18,19,20). The SMILES string of the molecule is CCOC(=O)NC(=O)C(C#N)=CNc1c(C)cccc1Cl. The first kappa shape index (κ1) is 16.5. The summed E-state index contributed by atoms with van der Waals surface area (Å²) < 4.78 is 4.56. The van der Waals surface area contributed by atoms with Crippen LogP contribution in [-0.2, 0) is 9.53 Å². The van der Waals surface area contributed by atoms with Gasteiger partial charge in [0.15, 0.2) is 0 Å². The minimum absolute atomic E-state index is 0.127. The molecular weight excluding hydrogens is 294 g/mol. The van der Waals surface area contributed by atoms with Crippen LogP contribution in [0.15, 0.2) is 30.0 Å². The van der Waals surface area contributed by atoms with Gasteiger partial charge in [0, 0.05) is 6.20 Å². The van der Waals surface area contributed by atoms with E-state index in [0.717, 1.165) is 5.56 Å². The van der Waals surface area contributed by atoms with Crippen molar-refractivity contribution in [3.63, 3.8) is 0 Å². The lowest BCUT2D eigenvalue weighted by atomic mass is 10.2. The van der Waals surface area contributed by atoms with Crippen molar-refractivity contribution in [1.82, 2.24) is 5.32 Å². The van der Waals surface area contributed by atoms with Gasteiger partial charge >= 0.3 is 6.09 Å². The highest BCUT2D eigenvalue weighted by atomic mass is 35.5. The lowest BCUT2D eigenvalue weighted by molar-refractivity contribution is -0.116. The number of carbonyl (C=O) groups is 2. The Hall–Kier alpha value is -2.52. The smallest absolute Gasteiger partial charge is 0.414 e. The van der Waals surface area contributed by atoms with Gasteiger partial charge in [0.1, 0.15) is 11.6 Å². The number of alkyl carbamates (subject to hydrolysis) is 1. The second-order valence-electron chi connectivity index (χ2n) is 3.92. The van der Waals surface area contributed by atoms with E-state index in [9.17, 15) is 9.59 Å². The van der Waals surface area contributed by atoms with Gasteiger partial charge in [-0.05, 0) is 25.5 Å². The quantitative estimate of drug-likeness (QED) is 0.659. The minimum atomic E-state index is -0.905. The van der Waals surface area contributed by atoms with E-state index in [-0.39, 0.29) is 12.2 Å². The van der Waals surface area contributed by atoms with Crippen molar-refractivity contribution >= 4 is 29.3 Å². The van der Waals surface area contributed by atoms with Gasteiger partial charge in [-0.15, -0.1) is 0 Å². The average Bonchev–Trinajstić information content (AvgIpc) is 2.42. The number of amides is 2. The number of anilines is 1. The summed E-state index contributed by atoms with van der Waals surface area (Å²) in [7, 11) is 0. The molecule has 0 fully saturated rings. The number of rotatable bonds is 4. The van der Waals surface area contributed by atoms with Crippen LogP contribution in [0.1, 0.15) is 12.5 Å². The molecule has 0 spiro atoms. The molecular formula is C14H14ClN3O3. The molecule has 7 heteroatoms. The van der Waals surface area contributed by atoms with E-state index in [1.54, 1.807) is 25.1 Å². The number of aryl methyl sites for hydroxylation is 1. The summed E-state index contributed by atoms with van der Waals surface area (Å²) in [5, 5.41) is 14.1. The molecule has 1 aromatic rings. The number of nitrogens with one attached hydrogen (secondary N) is 2. The Kier molecular flexibility index (Phi) is 6.24. The predicted molar refractivity (Wildman–Crippen MR) is 78.7 cm³/mol. The van der Waals surface area contributed by atoms with Crippen LogP contribution < -0.4 is 10.6 Å². The number of halogens is 1. The van der Waals surface area contributed by atoms with E-state index in [1.807, 2.05) is 18.3 Å².